The third-order valence-corrected chi connectivity index (χ3v) is 6.33. The summed E-state index contributed by atoms with van der Waals surface area (Å²) < 4.78 is 5.87. The fraction of sp³-hybridized carbons (Fsp3) is 0.929. The molecule has 0 aliphatic heterocycles. The number of carbonyl (C=O) groups excluding carboxylic acids is 1. The van der Waals surface area contributed by atoms with Gasteiger partial charge in [-0.25, -0.2) is 0 Å². The summed E-state index contributed by atoms with van der Waals surface area (Å²) in [5.41, 5.74) is 0. The predicted molar refractivity (Wildman–Crippen MR) is 135 cm³/mol. The van der Waals surface area contributed by atoms with Gasteiger partial charge in [0.1, 0.15) is 6.10 Å². The van der Waals surface area contributed by atoms with Crippen molar-refractivity contribution in [2.75, 3.05) is 0 Å². The summed E-state index contributed by atoms with van der Waals surface area (Å²) >= 11 is 0. The van der Waals surface area contributed by atoms with Crippen LogP contribution in [0, 0.1) is 0 Å². The molecule has 0 saturated carbocycles. The van der Waals surface area contributed by atoms with Gasteiger partial charge in [-0.05, 0) is 38.5 Å². The average Bonchev–Trinajstić information content (AvgIpc) is 2.76. The van der Waals surface area contributed by atoms with Gasteiger partial charge in [-0.2, -0.15) is 0 Å². The van der Waals surface area contributed by atoms with E-state index in [4.69, 9.17) is 9.84 Å². The second-order valence-electron chi connectivity index (χ2n) is 9.59. The molecule has 0 aromatic heterocycles. The van der Waals surface area contributed by atoms with Crippen LogP contribution in [0.3, 0.4) is 0 Å². The van der Waals surface area contributed by atoms with Crippen molar-refractivity contribution in [3.8, 4) is 0 Å². The molecule has 0 bridgehead atoms. The minimum absolute atomic E-state index is 0.0103. The number of rotatable bonds is 25. The van der Waals surface area contributed by atoms with E-state index in [1.54, 1.807) is 0 Å². The van der Waals surface area contributed by atoms with Crippen LogP contribution in [0.1, 0.15) is 162 Å². The summed E-state index contributed by atoms with van der Waals surface area (Å²) in [6, 6.07) is 0. The SMILES string of the molecule is CCCCCCCCCCCC(CCCCCCCC(=O)O)OC(=O)CCCCCCC. The van der Waals surface area contributed by atoms with Crippen LogP contribution in [0.4, 0.5) is 0 Å². The number of unbranched alkanes of at least 4 members (excludes halogenated alkanes) is 16. The monoisotopic (exact) mass is 454 g/mol. The fourth-order valence-corrected chi connectivity index (χ4v) is 4.24. The quantitative estimate of drug-likeness (QED) is 0.110. The zero-order valence-corrected chi connectivity index (χ0v) is 21.5. The van der Waals surface area contributed by atoms with Crippen molar-refractivity contribution < 1.29 is 19.4 Å². The first kappa shape index (κ1) is 30.9. The summed E-state index contributed by atoms with van der Waals surface area (Å²) in [5, 5.41) is 8.71. The Morgan fingerprint density at radius 3 is 1.38 bits per heavy atom. The Morgan fingerprint density at radius 2 is 0.938 bits per heavy atom. The van der Waals surface area contributed by atoms with E-state index in [-0.39, 0.29) is 18.5 Å². The lowest BCUT2D eigenvalue weighted by Crippen LogP contribution is -2.18. The largest absolute Gasteiger partial charge is 0.481 e. The molecule has 0 radical (unpaired) electrons. The maximum Gasteiger partial charge on any atom is 0.306 e. The number of esters is 1. The lowest BCUT2D eigenvalue weighted by Gasteiger charge is -2.18. The highest BCUT2D eigenvalue weighted by Crippen LogP contribution is 2.18. The molecule has 4 nitrogen and oxygen atoms in total. The molecule has 1 unspecified atom stereocenters. The lowest BCUT2D eigenvalue weighted by molar-refractivity contribution is -0.150. The Balaban J connectivity index is 4.04. The minimum Gasteiger partial charge on any atom is -0.481 e. The van der Waals surface area contributed by atoms with Crippen LogP contribution >= 0.6 is 0 Å². The topological polar surface area (TPSA) is 63.6 Å². The van der Waals surface area contributed by atoms with E-state index >= 15 is 0 Å². The van der Waals surface area contributed by atoms with Crippen LogP contribution in [-0.2, 0) is 14.3 Å². The average molecular weight is 455 g/mol. The molecule has 0 aliphatic rings. The van der Waals surface area contributed by atoms with Gasteiger partial charge < -0.3 is 9.84 Å². The van der Waals surface area contributed by atoms with Gasteiger partial charge in [0.25, 0.3) is 0 Å². The molecule has 0 saturated heterocycles. The smallest absolute Gasteiger partial charge is 0.306 e. The Morgan fingerprint density at radius 1 is 0.562 bits per heavy atom. The summed E-state index contributed by atoms with van der Waals surface area (Å²) in [5.74, 6) is -0.712. The van der Waals surface area contributed by atoms with Crippen molar-refractivity contribution in [1.29, 1.82) is 0 Å². The van der Waals surface area contributed by atoms with Crippen LogP contribution in [-0.4, -0.2) is 23.1 Å². The van der Waals surface area contributed by atoms with Gasteiger partial charge in [-0.3, -0.25) is 9.59 Å². The molecule has 0 amide bonds. The zero-order chi connectivity index (χ0) is 23.7. The Labute approximate surface area is 199 Å². The molecular formula is C28H54O4. The molecule has 0 aromatic carbocycles. The Kier molecular flexibility index (Phi) is 23.8. The van der Waals surface area contributed by atoms with Crippen LogP contribution in [0.25, 0.3) is 0 Å². The first-order valence-corrected chi connectivity index (χ1v) is 14.0. The van der Waals surface area contributed by atoms with E-state index in [1.165, 1.54) is 70.6 Å². The number of aliphatic carboxylic acids is 1. The Hall–Kier alpha value is -1.06. The highest BCUT2D eigenvalue weighted by atomic mass is 16.5. The maximum atomic E-state index is 12.3. The molecule has 0 aliphatic carbocycles. The van der Waals surface area contributed by atoms with E-state index < -0.39 is 5.97 Å². The van der Waals surface area contributed by atoms with Gasteiger partial charge in [-0.15, -0.1) is 0 Å². The molecule has 190 valence electrons. The zero-order valence-electron chi connectivity index (χ0n) is 21.5. The molecule has 0 fully saturated rings. The number of carboxylic acid groups (broad SMARTS) is 1. The molecular weight excluding hydrogens is 400 g/mol. The van der Waals surface area contributed by atoms with Crippen LogP contribution in [0.2, 0.25) is 0 Å². The highest BCUT2D eigenvalue weighted by Gasteiger charge is 2.14. The number of hydrogen-bond acceptors (Lipinski definition) is 3. The van der Waals surface area contributed by atoms with Gasteiger partial charge in [0, 0.05) is 12.8 Å². The number of carboxylic acids is 1. The lowest BCUT2D eigenvalue weighted by atomic mass is 10.0. The molecule has 1 atom stereocenters. The fourth-order valence-electron chi connectivity index (χ4n) is 4.24. The predicted octanol–water partition coefficient (Wildman–Crippen LogP) is 8.99. The Bertz CT molecular complexity index is 422. The van der Waals surface area contributed by atoms with Gasteiger partial charge in [-0.1, -0.05) is 110 Å². The van der Waals surface area contributed by atoms with Crippen molar-refractivity contribution in [1.82, 2.24) is 0 Å². The normalized spacial score (nSPS) is 12.1. The molecule has 32 heavy (non-hydrogen) atoms. The maximum absolute atomic E-state index is 12.3. The van der Waals surface area contributed by atoms with Gasteiger partial charge in [0.15, 0.2) is 0 Å². The second kappa shape index (κ2) is 24.6. The minimum atomic E-state index is -0.701. The first-order valence-electron chi connectivity index (χ1n) is 14.0. The van der Waals surface area contributed by atoms with E-state index in [0.717, 1.165) is 64.2 Å². The van der Waals surface area contributed by atoms with Crippen molar-refractivity contribution in [3.63, 3.8) is 0 Å². The van der Waals surface area contributed by atoms with E-state index in [2.05, 4.69) is 13.8 Å². The van der Waals surface area contributed by atoms with Crippen molar-refractivity contribution in [3.05, 3.63) is 0 Å². The number of ether oxygens (including phenoxy) is 1. The van der Waals surface area contributed by atoms with Gasteiger partial charge in [0.05, 0.1) is 0 Å². The highest BCUT2D eigenvalue weighted by molar-refractivity contribution is 5.69. The summed E-state index contributed by atoms with van der Waals surface area (Å²) in [6.07, 6.45) is 25.4. The molecule has 1 N–H and O–H groups in total. The van der Waals surface area contributed by atoms with Crippen molar-refractivity contribution in [2.45, 2.75) is 168 Å². The van der Waals surface area contributed by atoms with E-state index in [9.17, 15) is 9.59 Å². The number of hydrogen-bond donors (Lipinski definition) is 1. The molecule has 0 rings (SSSR count). The van der Waals surface area contributed by atoms with Crippen LogP contribution in [0.15, 0.2) is 0 Å². The molecule has 0 aromatic rings. The second-order valence-corrected chi connectivity index (χ2v) is 9.59. The van der Waals surface area contributed by atoms with E-state index in [1.807, 2.05) is 0 Å². The summed E-state index contributed by atoms with van der Waals surface area (Å²) in [6.45, 7) is 4.46. The first-order chi connectivity index (χ1) is 15.6. The molecule has 0 heterocycles. The third kappa shape index (κ3) is 23.6. The summed E-state index contributed by atoms with van der Waals surface area (Å²) in [7, 11) is 0. The van der Waals surface area contributed by atoms with Gasteiger partial charge in [0.2, 0.25) is 0 Å². The van der Waals surface area contributed by atoms with Gasteiger partial charge >= 0.3 is 11.9 Å². The van der Waals surface area contributed by atoms with Crippen LogP contribution in [0.5, 0.6) is 0 Å². The van der Waals surface area contributed by atoms with E-state index in [0.29, 0.717) is 6.42 Å². The molecule has 0 spiro atoms. The standard InChI is InChI=1S/C28H54O4/c1-3-5-7-9-10-11-12-15-18-22-26(23-19-16-13-17-20-24-27(29)30)32-28(31)25-21-14-8-6-4-2/h26H,3-25H2,1-2H3,(H,29,30). The van der Waals surface area contributed by atoms with Crippen molar-refractivity contribution >= 4 is 11.9 Å². The molecule has 4 heteroatoms. The van der Waals surface area contributed by atoms with Crippen LogP contribution < -0.4 is 0 Å². The third-order valence-electron chi connectivity index (χ3n) is 6.33. The van der Waals surface area contributed by atoms with Crippen molar-refractivity contribution in [2.24, 2.45) is 0 Å². The summed E-state index contributed by atoms with van der Waals surface area (Å²) in [4.78, 5) is 22.9. The number of carbonyl (C=O) groups is 2.